The summed E-state index contributed by atoms with van der Waals surface area (Å²) in [6, 6.07) is 5.47. The minimum Gasteiger partial charge on any atom is -0.495 e. The van der Waals surface area contributed by atoms with Crippen molar-refractivity contribution in [3.63, 3.8) is 0 Å². The molecule has 2 nitrogen and oxygen atoms in total. The fraction of sp³-hybridized carbons (Fsp3) is 0.429. The van der Waals surface area contributed by atoms with Crippen LogP contribution in [0.25, 0.3) is 0 Å². The highest BCUT2D eigenvalue weighted by atomic mass is 35.5. The standard InChI is InChI=1S/C14H18ClNO/c1-4-16(5-2)10-6-7-12-11-13(15)8-9-14(12)17-3/h8-9,11H,4-5,10H2,1-3H3. The summed E-state index contributed by atoms with van der Waals surface area (Å²) in [6.07, 6.45) is 0. The average Bonchev–Trinajstić information content (AvgIpc) is 2.35. The van der Waals surface area contributed by atoms with E-state index >= 15 is 0 Å². The van der Waals surface area contributed by atoms with E-state index in [1.807, 2.05) is 12.1 Å². The molecule has 0 spiro atoms. The van der Waals surface area contributed by atoms with Crippen molar-refractivity contribution in [3.8, 4) is 17.6 Å². The van der Waals surface area contributed by atoms with Gasteiger partial charge in [0, 0.05) is 5.02 Å². The molecule has 92 valence electrons. The molecule has 0 unspecified atom stereocenters. The molecule has 0 heterocycles. The lowest BCUT2D eigenvalue weighted by molar-refractivity contribution is 0.342. The fourth-order valence-corrected chi connectivity index (χ4v) is 1.64. The lowest BCUT2D eigenvalue weighted by atomic mass is 10.2. The molecule has 0 aliphatic rings. The summed E-state index contributed by atoms with van der Waals surface area (Å²) in [7, 11) is 1.64. The van der Waals surface area contributed by atoms with Crippen molar-refractivity contribution in [3.05, 3.63) is 28.8 Å². The molecule has 1 rings (SSSR count). The zero-order valence-electron chi connectivity index (χ0n) is 10.6. The van der Waals surface area contributed by atoms with Crippen molar-refractivity contribution in [1.29, 1.82) is 0 Å². The first-order chi connectivity index (χ1) is 8.21. The quantitative estimate of drug-likeness (QED) is 0.763. The van der Waals surface area contributed by atoms with Crippen LogP contribution in [0.3, 0.4) is 0 Å². The number of hydrogen-bond acceptors (Lipinski definition) is 2. The smallest absolute Gasteiger partial charge is 0.134 e. The van der Waals surface area contributed by atoms with Crippen molar-refractivity contribution >= 4 is 11.6 Å². The largest absolute Gasteiger partial charge is 0.495 e. The Hall–Kier alpha value is -1.17. The Morgan fingerprint density at radius 3 is 2.59 bits per heavy atom. The zero-order valence-corrected chi connectivity index (χ0v) is 11.3. The molecule has 0 saturated carbocycles. The van der Waals surface area contributed by atoms with E-state index in [4.69, 9.17) is 16.3 Å². The van der Waals surface area contributed by atoms with Crippen molar-refractivity contribution < 1.29 is 4.74 Å². The minimum absolute atomic E-state index is 0.679. The SMILES string of the molecule is CCN(CC)CC#Cc1cc(Cl)ccc1OC. The monoisotopic (exact) mass is 251 g/mol. The highest BCUT2D eigenvalue weighted by Gasteiger charge is 2.00. The fourth-order valence-electron chi connectivity index (χ4n) is 1.47. The van der Waals surface area contributed by atoms with Crippen LogP contribution in [-0.2, 0) is 0 Å². The third-order valence-electron chi connectivity index (χ3n) is 2.58. The maximum Gasteiger partial charge on any atom is 0.134 e. The summed E-state index contributed by atoms with van der Waals surface area (Å²) in [6.45, 7) is 7.05. The van der Waals surface area contributed by atoms with E-state index in [0.29, 0.717) is 5.02 Å². The third kappa shape index (κ3) is 4.30. The van der Waals surface area contributed by atoms with Crippen LogP contribution in [0.1, 0.15) is 19.4 Å². The topological polar surface area (TPSA) is 12.5 Å². The van der Waals surface area contributed by atoms with Gasteiger partial charge >= 0.3 is 0 Å². The van der Waals surface area contributed by atoms with Gasteiger partial charge in [-0.05, 0) is 31.3 Å². The maximum atomic E-state index is 5.94. The Morgan fingerprint density at radius 2 is 2.00 bits per heavy atom. The molecular formula is C14H18ClNO. The molecule has 0 radical (unpaired) electrons. The van der Waals surface area contributed by atoms with Crippen LogP contribution in [0.4, 0.5) is 0 Å². The molecular weight excluding hydrogens is 234 g/mol. The van der Waals surface area contributed by atoms with E-state index in [1.54, 1.807) is 13.2 Å². The first-order valence-electron chi connectivity index (χ1n) is 5.76. The Morgan fingerprint density at radius 1 is 1.29 bits per heavy atom. The second kappa shape index (κ2) is 7.21. The number of nitrogens with zero attached hydrogens (tertiary/aromatic N) is 1. The minimum atomic E-state index is 0.679. The molecule has 0 N–H and O–H groups in total. The van der Waals surface area contributed by atoms with E-state index in [1.165, 1.54) is 0 Å². The average molecular weight is 252 g/mol. The van der Waals surface area contributed by atoms with E-state index in [9.17, 15) is 0 Å². The van der Waals surface area contributed by atoms with Crippen LogP contribution in [0.2, 0.25) is 5.02 Å². The van der Waals surface area contributed by atoms with Gasteiger partial charge in [0.1, 0.15) is 5.75 Å². The van der Waals surface area contributed by atoms with Crippen LogP contribution >= 0.6 is 11.6 Å². The third-order valence-corrected chi connectivity index (χ3v) is 2.82. The van der Waals surface area contributed by atoms with E-state index in [0.717, 1.165) is 30.9 Å². The summed E-state index contributed by atoms with van der Waals surface area (Å²) in [5, 5.41) is 0.679. The van der Waals surface area contributed by atoms with Gasteiger partial charge in [-0.3, -0.25) is 4.90 Å². The van der Waals surface area contributed by atoms with Crippen LogP contribution in [0.15, 0.2) is 18.2 Å². The van der Waals surface area contributed by atoms with E-state index < -0.39 is 0 Å². The number of hydrogen-bond donors (Lipinski definition) is 0. The highest BCUT2D eigenvalue weighted by Crippen LogP contribution is 2.21. The molecule has 1 aromatic carbocycles. The van der Waals surface area contributed by atoms with Crippen LogP contribution in [-0.4, -0.2) is 31.6 Å². The maximum absolute atomic E-state index is 5.94. The molecule has 0 amide bonds. The second-order valence-corrected chi connectivity index (χ2v) is 4.04. The van der Waals surface area contributed by atoms with Gasteiger partial charge in [-0.2, -0.15) is 0 Å². The summed E-state index contributed by atoms with van der Waals surface area (Å²) in [5.74, 6) is 7.01. The Balaban J connectivity index is 2.80. The van der Waals surface area contributed by atoms with E-state index in [-0.39, 0.29) is 0 Å². The van der Waals surface area contributed by atoms with Gasteiger partial charge in [0.2, 0.25) is 0 Å². The molecule has 17 heavy (non-hydrogen) atoms. The van der Waals surface area contributed by atoms with Gasteiger partial charge in [0.05, 0.1) is 19.2 Å². The van der Waals surface area contributed by atoms with Crippen molar-refractivity contribution in [2.75, 3.05) is 26.7 Å². The lowest BCUT2D eigenvalue weighted by Gasteiger charge is -2.13. The number of methoxy groups -OCH3 is 1. The van der Waals surface area contributed by atoms with Gasteiger partial charge in [0.15, 0.2) is 0 Å². The lowest BCUT2D eigenvalue weighted by Crippen LogP contribution is -2.22. The van der Waals surface area contributed by atoms with Crippen molar-refractivity contribution in [2.24, 2.45) is 0 Å². The van der Waals surface area contributed by atoms with Crippen molar-refractivity contribution in [1.82, 2.24) is 4.90 Å². The zero-order chi connectivity index (χ0) is 12.7. The van der Waals surface area contributed by atoms with Crippen LogP contribution in [0, 0.1) is 11.8 Å². The van der Waals surface area contributed by atoms with Crippen molar-refractivity contribution in [2.45, 2.75) is 13.8 Å². The molecule has 0 aromatic heterocycles. The van der Waals surface area contributed by atoms with Gasteiger partial charge < -0.3 is 4.74 Å². The van der Waals surface area contributed by atoms with Crippen LogP contribution in [0.5, 0.6) is 5.75 Å². The summed E-state index contributed by atoms with van der Waals surface area (Å²) in [4.78, 5) is 2.25. The molecule has 3 heteroatoms. The predicted octanol–water partition coefficient (Wildman–Crippen LogP) is 3.04. The predicted molar refractivity (Wildman–Crippen MR) is 72.7 cm³/mol. The van der Waals surface area contributed by atoms with Gasteiger partial charge in [-0.25, -0.2) is 0 Å². The number of ether oxygens (including phenoxy) is 1. The van der Waals surface area contributed by atoms with Crippen LogP contribution < -0.4 is 4.74 Å². The second-order valence-electron chi connectivity index (χ2n) is 3.61. The van der Waals surface area contributed by atoms with Gasteiger partial charge in [-0.15, -0.1) is 0 Å². The molecule has 0 fully saturated rings. The molecule has 0 aliphatic carbocycles. The Labute approximate surface area is 109 Å². The number of halogens is 1. The summed E-state index contributed by atoms with van der Waals surface area (Å²) < 4.78 is 5.24. The summed E-state index contributed by atoms with van der Waals surface area (Å²) in [5.41, 5.74) is 0.840. The molecule has 0 saturated heterocycles. The van der Waals surface area contributed by atoms with Gasteiger partial charge in [-0.1, -0.05) is 37.3 Å². The molecule has 0 bridgehead atoms. The molecule has 0 aliphatic heterocycles. The van der Waals surface area contributed by atoms with E-state index in [2.05, 4.69) is 30.6 Å². The molecule has 0 atom stereocenters. The first-order valence-corrected chi connectivity index (χ1v) is 6.13. The molecule has 1 aromatic rings. The summed E-state index contributed by atoms with van der Waals surface area (Å²) >= 11 is 5.94. The highest BCUT2D eigenvalue weighted by molar-refractivity contribution is 6.30. The Kier molecular flexibility index (Phi) is 5.90. The normalized spacial score (nSPS) is 9.94. The van der Waals surface area contributed by atoms with Gasteiger partial charge in [0.25, 0.3) is 0 Å². The number of benzene rings is 1. The Bertz CT molecular complexity index is 416. The number of rotatable bonds is 4. The first kappa shape index (κ1) is 13.9.